The summed E-state index contributed by atoms with van der Waals surface area (Å²) in [5, 5.41) is 3.47. The van der Waals surface area contributed by atoms with E-state index in [0.29, 0.717) is 22.8 Å². The molecule has 1 atom stereocenters. The monoisotopic (exact) mass is 659 g/mol. The lowest BCUT2D eigenvalue weighted by Crippen LogP contribution is -2.53. The average molecular weight is 660 g/mol. The maximum atomic E-state index is 14.6. The van der Waals surface area contributed by atoms with E-state index < -0.39 is 28.5 Å². The van der Waals surface area contributed by atoms with Crippen LogP contribution in [-0.4, -0.2) is 44.3 Å². The number of benzene rings is 4. The molecule has 0 unspecified atom stereocenters. The zero-order valence-electron chi connectivity index (χ0n) is 26.9. The smallest absolute Gasteiger partial charge is 0.264 e. The Morgan fingerprint density at radius 3 is 2.07 bits per heavy atom. The minimum atomic E-state index is -4.19. The SMILES string of the molecule is CCCCNC(=O)[C@H](Cc1ccccc1)N(Cc1ccc(C)cc1)C(=O)CN(c1ccc(Cl)cc1C)S(=O)(=O)c1ccc(C)cc1. The summed E-state index contributed by atoms with van der Waals surface area (Å²) in [5.74, 6) is -0.787. The summed E-state index contributed by atoms with van der Waals surface area (Å²) in [7, 11) is -4.19. The summed E-state index contributed by atoms with van der Waals surface area (Å²) < 4.78 is 29.6. The van der Waals surface area contributed by atoms with Crippen molar-refractivity contribution >= 4 is 39.1 Å². The lowest BCUT2D eigenvalue weighted by Gasteiger charge is -2.34. The Balaban J connectivity index is 1.81. The minimum absolute atomic E-state index is 0.0588. The van der Waals surface area contributed by atoms with Crippen LogP contribution in [0.5, 0.6) is 0 Å². The van der Waals surface area contributed by atoms with Crippen LogP contribution in [0, 0.1) is 20.8 Å². The molecule has 0 aromatic heterocycles. The van der Waals surface area contributed by atoms with E-state index in [4.69, 9.17) is 11.6 Å². The fourth-order valence-corrected chi connectivity index (χ4v) is 6.91. The third-order valence-electron chi connectivity index (χ3n) is 7.89. The second kappa shape index (κ2) is 15.9. The molecule has 7 nitrogen and oxygen atoms in total. The molecule has 4 rings (SSSR count). The van der Waals surface area contributed by atoms with Crippen LogP contribution in [0.2, 0.25) is 5.02 Å². The Morgan fingerprint density at radius 2 is 1.46 bits per heavy atom. The van der Waals surface area contributed by atoms with Crippen molar-refractivity contribution in [3.05, 3.63) is 130 Å². The van der Waals surface area contributed by atoms with Crippen LogP contribution in [0.15, 0.2) is 102 Å². The third kappa shape index (κ3) is 8.98. The second-order valence-corrected chi connectivity index (χ2v) is 13.9. The molecule has 242 valence electrons. The normalized spacial score (nSPS) is 11.9. The summed E-state index contributed by atoms with van der Waals surface area (Å²) in [6, 6.07) is 27.8. The molecule has 9 heteroatoms. The van der Waals surface area contributed by atoms with Gasteiger partial charge in [0.15, 0.2) is 0 Å². The Kier molecular flexibility index (Phi) is 12.0. The number of rotatable bonds is 14. The van der Waals surface area contributed by atoms with Crippen LogP contribution in [0.25, 0.3) is 0 Å². The molecule has 0 bridgehead atoms. The van der Waals surface area contributed by atoms with Crippen molar-refractivity contribution in [1.29, 1.82) is 0 Å². The number of carbonyl (C=O) groups excluding carboxylic acids is 2. The number of sulfonamides is 1. The predicted molar refractivity (Wildman–Crippen MR) is 185 cm³/mol. The van der Waals surface area contributed by atoms with E-state index in [0.717, 1.165) is 39.4 Å². The molecule has 4 aromatic rings. The first-order chi connectivity index (χ1) is 22.0. The van der Waals surface area contributed by atoms with E-state index >= 15 is 0 Å². The van der Waals surface area contributed by atoms with Gasteiger partial charge in [0.2, 0.25) is 11.8 Å². The number of nitrogens with one attached hydrogen (secondary N) is 1. The highest BCUT2D eigenvalue weighted by Crippen LogP contribution is 2.30. The molecule has 0 fully saturated rings. The van der Waals surface area contributed by atoms with Crippen molar-refractivity contribution in [2.45, 2.75) is 64.4 Å². The fraction of sp³-hybridized carbons (Fsp3) is 0.297. The first-order valence-corrected chi connectivity index (χ1v) is 17.3. The topological polar surface area (TPSA) is 86.8 Å². The lowest BCUT2D eigenvalue weighted by atomic mass is 10.0. The Hall–Kier alpha value is -4.14. The molecule has 0 spiro atoms. The first-order valence-electron chi connectivity index (χ1n) is 15.5. The molecular formula is C37H42ClN3O4S. The van der Waals surface area contributed by atoms with E-state index in [9.17, 15) is 18.0 Å². The van der Waals surface area contributed by atoms with Gasteiger partial charge in [0.25, 0.3) is 10.0 Å². The molecule has 0 heterocycles. The summed E-state index contributed by atoms with van der Waals surface area (Å²) in [4.78, 5) is 30.0. The van der Waals surface area contributed by atoms with Gasteiger partial charge in [-0.15, -0.1) is 0 Å². The highest BCUT2D eigenvalue weighted by atomic mass is 35.5. The summed E-state index contributed by atoms with van der Waals surface area (Å²) >= 11 is 6.25. The van der Waals surface area contributed by atoms with Gasteiger partial charge in [-0.25, -0.2) is 8.42 Å². The Labute approximate surface area is 278 Å². The van der Waals surface area contributed by atoms with E-state index in [1.807, 2.05) is 75.4 Å². The summed E-state index contributed by atoms with van der Waals surface area (Å²) in [6.07, 6.45) is 1.97. The van der Waals surface area contributed by atoms with E-state index in [1.165, 1.54) is 17.0 Å². The van der Waals surface area contributed by atoms with Crippen molar-refractivity contribution < 1.29 is 18.0 Å². The standard InChI is InChI=1S/C37H42ClN3O4S/c1-5-6-22-39-37(43)35(24-30-10-8-7-9-11-30)40(25-31-16-12-27(2)13-17-31)36(42)26-41(34-21-18-32(38)23-29(34)4)46(44,45)33-19-14-28(3)15-20-33/h7-21,23,35H,5-6,22,24-26H2,1-4H3,(H,39,43)/t35-/m0/s1. The van der Waals surface area contributed by atoms with Gasteiger partial charge < -0.3 is 10.2 Å². The molecule has 46 heavy (non-hydrogen) atoms. The maximum absolute atomic E-state index is 14.6. The molecule has 0 saturated heterocycles. The van der Waals surface area contributed by atoms with Crippen molar-refractivity contribution in [3.8, 4) is 0 Å². The molecule has 0 radical (unpaired) electrons. The maximum Gasteiger partial charge on any atom is 0.264 e. The molecule has 0 aliphatic heterocycles. The Morgan fingerprint density at radius 1 is 0.826 bits per heavy atom. The van der Waals surface area contributed by atoms with Crippen LogP contribution < -0.4 is 9.62 Å². The number of amides is 2. The highest BCUT2D eigenvalue weighted by molar-refractivity contribution is 7.92. The summed E-state index contributed by atoms with van der Waals surface area (Å²) in [6.45, 7) is 7.74. The van der Waals surface area contributed by atoms with Gasteiger partial charge in [0, 0.05) is 24.5 Å². The highest BCUT2D eigenvalue weighted by Gasteiger charge is 2.35. The lowest BCUT2D eigenvalue weighted by molar-refractivity contribution is -0.140. The number of aryl methyl sites for hydroxylation is 3. The predicted octanol–water partition coefficient (Wildman–Crippen LogP) is 7.02. The number of hydrogen-bond acceptors (Lipinski definition) is 4. The number of anilines is 1. The van der Waals surface area contributed by atoms with Crippen LogP contribution in [0.1, 0.15) is 47.6 Å². The van der Waals surface area contributed by atoms with Gasteiger partial charge in [-0.2, -0.15) is 0 Å². The minimum Gasteiger partial charge on any atom is -0.354 e. The van der Waals surface area contributed by atoms with Crippen molar-refractivity contribution in [1.82, 2.24) is 10.2 Å². The zero-order valence-corrected chi connectivity index (χ0v) is 28.4. The van der Waals surface area contributed by atoms with Gasteiger partial charge >= 0.3 is 0 Å². The molecular weight excluding hydrogens is 618 g/mol. The summed E-state index contributed by atoms with van der Waals surface area (Å²) in [5.41, 5.74) is 4.62. The van der Waals surface area contributed by atoms with Crippen molar-refractivity contribution in [2.75, 3.05) is 17.4 Å². The number of unbranched alkanes of at least 4 members (excludes halogenated alkanes) is 1. The van der Waals surface area contributed by atoms with Gasteiger partial charge in [-0.1, -0.05) is 103 Å². The number of hydrogen-bond donors (Lipinski definition) is 1. The van der Waals surface area contributed by atoms with Crippen molar-refractivity contribution in [3.63, 3.8) is 0 Å². The van der Waals surface area contributed by atoms with E-state index in [1.54, 1.807) is 37.3 Å². The Bertz CT molecular complexity index is 1730. The number of nitrogens with zero attached hydrogens (tertiary/aromatic N) is 2. The third-order valence-corrected chi connectivity index (χ3v) is 9.90. The van der Waals surface area contributed by atoms with Crippen LogP contribution in [0.4, 0.5) is 5.69 Å². The fourth-order valence-electron chi connectivity index (χ4n) is 5.20. The van der Waals surface area contributed by atoms with Gasteiger partial charge in [0.05, 0.1) is 10.6 Å². The molecule has 0 aliphatic rings. The van der Waals surface area contributed by atoms with Crippen molar-refractivity contribution in [2.24, 2.45) is 0 Å². The number of halogens is 1. The largest absolute Gasteiger partial charge is 0.354 e. The molecule has 2 amide bonds. The van der Waals surface area contributed by atoms with Crippen LogP contribution in [-0.2, 0) is 32.6 Å². The second-order valence-electron chi connectivity index (χ2n) is 11.6. The zero-order chi connectivity index (χ0) is 33.3. The molecule has 4 aromatic carbocycles. The average Bonchev–Trinajstić information content (AvgIpc) is 3.03. The molecule has 0 saturated carbocycles. The van der Waals surface area contributed by atoms with Gasteiger partial charge in [0.1, 0.15) is 12.6 Å². The van der Waals surface area contributed by atoms with Gasteiger partial charge in [-0.3, -0.25) is 13.9 Å². The first kappa shape index (κ1) is 34.7. The quantitative estimate of drug-likeness (QED) is 0.148. The molecule has 0 aliphatic carbocycles. The van der Waals surface area contributed by atoms with Crippen LogP contribution >= 0.6 is 11.6 Å². The van der Waals surface area contributed by atoms with Gasteiger partial charge in [-0.05, 0) is 74.2 Å². The molecule has 1 N–H and O–H groups in total. The van der Waals surface area contributed by atoms with E-state index in [2.05, 4.69) is 5.32 Å². The van der Waals surface area contributed by atoms with E-state index in [-0.39, 0.29) is 23.8 Å². The number of carbonyl (C=O) groups is 2. The van der Waals surface area contributed by atoms with Crippen LogP contribution in [0.3, 0.4) is 0 Å².